The maximum absolute atomic E-state index is 11.6. The zero-order valence-electron chi connectivity index (χ0n) is 8.62. The van der Waals surface area contributed by atoms with Crippen LogP contribution >= 0.6 is 0 Å². The van der Waals surface area contributed by atoms with Gasteiger partial charge in [-0.2, -0.15) is 0 Å². The number of nitrogens with one attached hydrogen (secondary N) is 2. The maximum atomic E-state index is 11.6. The second-order valence-electron chi connectivity index (χ2n) is 3.60. The van der Waals surface area contributed by atoms with Gasteiger partial charge in [0, 0.05) is 38.8 Å². The van der Waals surface area contributed by atoms with Crippen LogP contribution in [0.25, 0.3) is 0 Å². The number of amides is 2. The monoisotopic (exact) mass is 201 g/mol. The summed E-state index contributed by atoms with van der Waals surface area (Å²) < 4.78 is 0. The molecule has 0 aliphatic carbocycles. The largest absolute Gasteiger partial charge is 0.396 e. The van der Waals surface area contributed by atoms with E-state index in [-0.39, 0.29) is 18.7 Å². The Kier molecular flexibility index (Phi) is 4.69. The van der Waals surface area contributed by atoms with Gasteiger partial charge < -0.3 is 20.6 Å². The third-order valence-electron chi connectivity index (χ3n) is 2.34. The average molecular weight is 201 g/mol. The van der Waals surface area contributed by atoms with E-state index in [9.17, 15) is 4.79 Å². The number of aliphatic hydroxyl groups is 1. The van der Waals surface area contributed by atoms with E-state index in [0.717, 1.165) is 26.2 Å². The van der Waals surface area contributed by atoms with Crippen molar-refractivity contribution in [3.05, 3.63) is 0 Å². The molecular formula is C9H19N3O2. The van der Waals surface area contributed by atoms with E-state index in [1.807, 2.05) is 6.92 Å². The molecule has 82 valence electrons. The fourth-order valence-corrected chi connectivity index (χ4v) is 1.44. The Morgan fingerprint density at radius 2 is 2.21 bits per heavy atom. The Morgan fingerprint density at radius 1 is 1.57 bits per heavy atom. The number of hydrogen-bond acceptors (Lipinski definition) is 3. The molecule has 5 nitrogen and oxygen atoms in total. The summed E-state index contributed by atoms with van der Waals surface area (Å²) in [5, 5.41) is 14.7. The van der Waals surface area contributed by atoms with Gasteiger partial charge in [0.25, 0.3) is 0 Å². The molecule has 0 bridgehead atoms. The van der Waals surface area contributed by atoms with Crippen molar-refractivity contribution < 1.29 is 9.90 Å². The first-order valence-corrected chi connectivity index (χ1v) is 5.11. The van der Waals surface area contributed by atoms with E-state index in [2.05, 4.69) is 10.6 Å². The minimum atomic E-state index is -0.0209. The molecule has 1 aliphatic heterocycles. The van der Waals surface area contributed by atoms with Gasteiger partial charge in [-0.1, -0.05) is 0 Å². The molecule has 1 fully saturated rings. The molecule has 0 aromatic carbocycles. The van der Waals surface area contributed by atoms with Crippen molar-refractivity contribution in [1.29, 1.82) is 0 Å². The summed E-state index contributed by atoms with van der Waals surface area (Å²) in [6.45, 7) is 5.26. The lowest BCUT2D eigenvalue weighted by Crippen LogP contribution is -2.51. The first kappa shape index (κ1) is 11.3. The van der Waals surface area contributed by atoms with E-state index in [4.69, 9.17) is 5.11 Å². The summed E-state index contributed by atoms with van der Waals surface area (Å²) in [6, 6.07) is 0.0230. The molecule has 0 spiro atoms. The second-order valence-corrected chi connectivity index (χ2v) is 3.60. The fourth-order valence-electron chi connectivity index (χ4n) is 1.44. The number of carbonyl (C=O) groups excluding carboxylic acids is 1. The van der Waals surface area contributed by atoms with Crippen LogP contribution in [0.1, 0.15) is 13.3 Å². The summed E-state index contributed by atoms with van der Waals surface area (Å²) in [6.07, 6.45) is 0.609. The molecule has 1 unspecified atom stereocenters. The van der Waals surface area contributed by atoms with E-state index in [1.54, 1.807) is 4.90 Å². The van der Waals surface area contributed by atoms with Crippen LogP contribution < -0.4 is 10.6 Å². The molecule has 1 rings (SSSR count). The van der Waals surface area contributed by atoms with Gasteiger partial charge in [0.1, 0.15) is 0 Å². The highest BCUT2D eigenvalue weighted by molar-refractivity contribution is 5.74. The third-order valence-corrected chi connectivity index (χ3v) is 2.34. The van der Waals surface area contributed by atoms with E-state index < -0.39 is 0 Å². The molecule has 0 saturated carbocycles. The quantitative estimate of drug-likeness (QED) is 0.570. The molecular weight excluding hydrogens is 182 g/mol. The van der Waals surface area contributed by atoms with Gasteiger partial charge in [-0.3, -0.25) is 0 Å². The highest BCUT2D eigenvalue weighted by Crippen LogP contribution is 1.96. The maximum Gasteiger partial charge on any atom is 0.317 e. The highest BCUT2D eigenvalue weighted by Gasteiger charge is 2.16. The number of hydrogen-bond donors (Lipinski definition) is 3. The number of rotatable bonds is 3. The smallest absolute Gasteiger partial charge is 0.317 e. The van der Waals surface area contributed by atoms with Gasteiger partial charge in [-0.25, -0.2) is 4.79 Å². The molecule has 1 atom stereocenters. The Hall–Kier alpha value is -0.810. The van der Waals surface area contributed by atoms with Gasteiger partial charge in [0.2, 0.25) is 0 Å². The van der Waals surface area contributed by atoms with E-state index in [0.29, 0.717) is 6.42 Å². The van der Waals surface area contributed by atoms with Crippen LogP contribution in [0.5, 0.6) is 0 Å². The predicted molar refractivity (Wildman–Crippen MR) is 54.1 cm³/mol. The molecule has 5 heteroatoms. The average Bonchev–Trinajstić information content (AvgIpc) is 2.19. The Labute approximate surface area is 84.5 Å². The molecule has 0 radical (unpaired) electrons. The molecule has 1 heterocycles. The van der Waals surface area contributed by atoms with Gasteiger partial charge in [-0.05, 0) is 13.3 Å². The lowest BCUT2D eigenvalue weighted by molar-refractivity contribution is 0.183. The van der Waals surface area contributed by atoms with Gasteiger partial charge >= 0.3 is 6.03 Å². The van der Waals surface area contributed by atoms with Crippen molar-refractivity contribution in [3.8, 4) is 0 Å². The number of aliphatic hydroxyl groups excluding tert-OH is 1. The molecule has 3 N–H and O–H groups in total. The summed E-state index contributed by atoms with van der Waals surface area (Å²) in [5.41, 5.74) is 0. The molecule has 1 saturated heterocycles. The third kappa shape index (κ3) is 3.51. The van der Waals surface area contributed by atoms with Crippen molar-refractivity contribution in [2.75, 3.05) is 32.8 Å². The van der Waals surface area contributed by atoms with E-state index >= 15 is 0 Å². The fraction of sp³-hybridized carbons (Fsp3) is 0.889. The Balaban J connectivity index is 2.25. The summed E-state index contributed by atoms with van der Waals surface area (Å²) >= 11 is 0. The van der Waals surface area contributed by atoms with Crippen LogP contribution in [-0.4, -0.2) is 54.9 Å². The normalized spacial score (nSPS) is 19.1. The van der Waals surface area contributed by atoms with Crippen molar-refractivity contribution in [3.63, 3.8) is 0 Å². The predicted octanol–water partition coefficient (Wildman–Crippen LogP) is -0.628. The summed E-state index contributed by atoms with van der Waals surface area (Å²) in [7, 11) is 0. The van der Waals surface area contributed by atoms with Crippen LogP contribution in [0, 0.1) is 0 Å². The Morgan fingerprint density at radius 3 is 2.79 bits per heavy atom. The summed E-state index contributed by atoms with van der Waals surface area (Å²) in [5.74, 6) is 0. The number of urea groups is 1. The van der Waals surface area contributed by atoms with Crippen LogP contribution in [0.15, 0.2) is 0 Å². The molecule has 1 aliphatic rings. The van der Waals surface area contributed by atoms with Crippen LogP contribution in [0.3, 0.4) is 0 Å². The topological polar surface area (TPSA) is 64.6 Å². The van der Waals surface area contributed by atoms with Crippen LogP contribution in [0.2, 0.25) is 0 Å². The molecule has 0 aromatic heterocycles. The van der Waals surface area contributed by atoms with Gasteiger partial charge in [0.15, 0.2) is 0 Å². The number of piperazine rings is 1. The van der Waals surface area contributed by atoms with Gasteiger partial charge in [-0.15, -0.1) is 0 Å². The lowest BCUT2D eigenvalue weighted by Gasteiger charge is -2.28. The highest BCUT2D eigenvalue weighted by atomic mass is 16.3. The number of carbonyl (C=O) groups is 1. The zero-order valence-corrected chi connectivity index (χ0v) is 8.62. The first-order valence-electron chi connectivity index (χ1n) is 5.11. The van der Waals surface area contributed by atoms with Crippen LogP contribution in [0.4, 0.5) is 4.79 Å². The number of nitrogens with zero attached hydrogens (tertiary/aromatic N) is 1. The molecule has 2 amide bonds. The van der Waals surface area contributed by atoms with Crippen LogP contribution in [-0.2, 0) is 0 Å². The van der Waals surface area contributed by atoms with Crippen molar-refractivity contribution in [1.82, 2.24) is 15.5 Å². The minimum Gasteiger partial charge on any atom is -0.396 e. The second kappa shape index (κ2) is 5.82. The summed E-state index contributed by atoms with van der Waals surface area (Å²) in [4.78, 5) is 13.4. The molecule has 0 aromatic rings. The van der Waals surface area contributed by atoms with Crippen molar-refractivity contribution >= 4 is 6.03 Å². The van der Waals surface area contributed by atoms with Gasteiger partial charge in [0.05, 0.1) is 0 Å². The Bertz CT molecular complexity index is 181. The van der Waals surface area contributed by atoms with Crippen molar-refractivity contribution in [2.45, 2.75) is 19.4 Å². The minimum absolute atomic E-state index is 0.0209. The first-order chi connectivity index (χ1) is 6.74. The SMILES string of the molecule is CC(CCO)NC(=O)N1CCNCC1. The zero-order chi connectivity index (χ0) is 10.4. The van der Waals surface area contributed by atoms with Crippen molar-refractivity contribution in [2.24, 2.45) is 0 Å². The van der Waals surface area contributed by atoms with E-state index in [1.165, 1.54) is 0 Å². The lowest BCUT2D eigenvalue weighted by atomic mass is 10.2. The molecule has 14 heavy (non-hydrogen) atoms. The standard InChI is InChI=1S/C9H19N3O2/c1-8(2-7-13)11-9(14)12-5-3-10-4-6-12/h8,10,13H,2-7H2,1H3,(H,11,14).